The first-order valence-corrected chi connectivity index (χ1v) is 8.40. The zero-order chi connectivity index (χ0) is 16.3. The zero-order valence-corrected chi connectivity index (χ0v) is 12.7. The van der Waals surface area contributed by atoms with E-state index in [1.807, 2.05) is 18.2 Å². The minimum Gasteiger partial charge on any atom is -0.267 e. The Balaban J connectivity index is 1.85. The van der Waals surface area contributed by atoms with E-state index in [1.165, 1.54) is 29.1 Å². The van der Waals surface area contributed by atoms with Crippen LogP contribution in [0.1, 0.15) is 5.56 Å². The molecule has 118 valence electrons. The first kappa shape index (κ1) is 15.2. The third-order valence-electron chi connectivity index (χ3n) is 3.13. The van der Waals surface area contributed by atoms with Gasteiger partial charge in [-0.25, -0.2) is 12.8 Å². The van der Waals surface area contributed by atoms with E-state index in [0.717, 1.165) is 0 Å². The summed E-state index contributed by atoms with van der Waals surface area (Å²) in [5, 5.41) is 7.49. The highest BCUT2D eigenvalue weighted by atomic mass is 32.2. The lowest BCUT2D eigenvalue weighted by Gasteiger charge is -2.10. The number of hydrogen-bond donors (Lipinski definition) is 1. The molecule has 0 fully saturated rings. The molecule has 0 amide bonds. The predicted octanol–water partition coefficient (Wildman–Crippen LogP) is 2.35. The fourth-order valence-corrected chi connectivity index (χ4v) is 3.21. The topological polar surface area (TPSA) is 76.9 Å². The Labute approximate surface area is 132 Å². The van der Waals surface area contributed by atoms with E-state index < -0.39 is 21.6 Å². The normalized spacial score (nSPS) is 11.3. The monoisotopic (exact) mass is 332 g/mol. The Morgan fingerprint density at radius 1 is 1.04 bits per heavy atom. The molecule has 0 aliphatic heterocycles. The standard InChI is InChI=1S/C15H13FN4O2S/c16-14-9-5-4-6-12(14)10-23(21,22)19-15-18-17-11-20(15)13-7-2-1-3-8-13/h1-9,11H,10H2,(H,18,19). The largest absolute Gasteiger partial charge is 0.267 e. The van der Waals surface area contributed by atoms with Crippen LogP contribution in [0.5, 0.6) is 0 Å². The van der Waals surface area contributed by atoms with Crippen LogP contribution in [0.4, 0.5) is 10.3 Å². The molecule has 0 aliphatic carbocycles. The molecule has 0 radical (unpaired) electrons. The molecule has 6 nitrogen and oxygen atoms in total. The van der Waals surface area contributed by atoms with Gasteiger partial charge in [0.2, 0.25) is 16.0 Å². The minimum atomic E-state index is -3.82. The van der Waals surface area contributed by atoms with Crippen LogP contribution in [0.15, 0.2) is 60.9 Å². The first-order valence-electron chi connectivity index (χ1n) is 6.74. The van der Waals surface area contributed by atoms with E-state index >= 15 is 0 Å². The first-order chi connectivity index (χ1) is 11.1. The molecule has 0 unspecified atom stereocenters. The van der Waals surface area contributed by atoms with Crippen LogP contribution in [-0.2, 0) is 15.8 Å². The van der Waals surface area contributed by atoms with Gasteiger partial charge in [0.15, 0.2) is 0 Å². The summed E-state index contributed by atoms with van der Waals surface area (Å²) in [6.45, 7) is 0. The van der Waals surface area contributed by atoms with Gasteiger partial charge in [0, 0.05) is 5.56 Å². The van der Waals surface area contributed by atoms with E-state index in [1.54, 1.807) is 18.2 Å². The van der Waals surface area contributed by atoms with Gasteiger partial charge in [0.05, 0.1) is 11.4 Å². The number of sulfonamides is 1. The number of rotatable bonds is 5. The summed E-state index contributed by atoms with van der Waals surface area (Å²) in [6, 6.07) is 14.8. The number of halogens is 1. The fourth-order valence-electron chi connectivity index (χ4n) is 2.08. The Bertz CT molecular complexity index is 910. The molecule has 3 rings (SSSR count). The summed E-state index contributed by atoms with van der Waals surface area (Å²) < 4.78 is 41.9. The van der Waals surface area contributed by atoms with Gasteiger partial charge >= 0.3 is 0 Å². The molecular weight excluding hydrogens is 319 g/mol. The summed E-state index contributed by atoms with van der Waals surface area (Å²) >= 11 is 0. The van der Waals surface area contributed by atoms with Gasteiger partial charge in [-0.2, -0.15) is 0 Å². The van der Waals surface area contributed by atoms with Gasteiger partial charge in [0.25, 0.3) is 0 Å². The minimum absolute atomic E-state index is 0.0486. The van der Waals surface area contributed by atoms with Gasteiger partial charge in [-0.3, -0.25) is 9.29 Å². The average molecular weight is 332 g/mol. The molecule has 0 spiro atoms. The maximum Gasteiger partial charge on any atom is 0.242 e. The van der Waals surface area contributed by atoms with Crippen molar-refractivity contribution in [1.82, 2.24) is 14.8 Å². The van der Waals surface area contributed by atoms with Crippen molar-refractivity contribution < 1.29 is 12.8 Å². The summed E-state index contributed by atoms with van der Waals surface area (Å²) in [5.74, 6) is -1.00. The summed E-state index contributed by atoms with van der Waals surface area (Å²) in [7, 11) is -3.82. The van der Waals surface area contributed by atoms with E-state index in [0.29, 0.717) is 5.69 Å². The summed E-state index contributed by atoms with van der Waals surface area (Å²) in [5.41, 5.74) is 0.798. The van der Waals surface area contributed by atoms with Crippen molar-refractivity contribution in [3.63, 3.8) is 0 Å². The lowest BCUT2D eigenvalue weighted by atomic mass is 10.2. The molecule has 1 N–H and O–H groups in total. The second-order valence-corrected chi connectivity index (χ2v) is 6.53. The number of anilines is 1. The van der Waals surface area contributed by atoms with Gasteiger partial charge in [-0.05, 0) is 18.2 Å². The number of aromatic nitrogens is 3. The highest BCUT2D eigenvalue weighted by Crippen LogP contribution is 2.16. The van der Waals surface area contributed by atoms with Crippen LogP contribution in [0, 0.1) is 5.82 Å². The maximum absolute atomic E-state index is 13.6. The van der Waals surface area contributed by atoms with Crippen LogP contribution >= 0.6 is 0 Å². The molecule has 8 heteroatoms. The van der Waals surface area contributed by atoms with Gasteiger partial charge < -0.3 is 0 Å². The van der Waals surface area contributed by atoms with Crippen LogP contribution in [0.25, 0.3) is 5.69 Å². The van der Waals surface area contributed by atoms with Crippen LogP contribution < -0.4 is 4.72 Å². The Morgan fingerprint density at radius 2 is 1.74 bits per heavy atom. The Kier molecular flexibility index (Phi) is 4.07. The molecular formula is C15H13FN4O2S. The molecule has 0 saturated carbocycles. The zero-order valence-electron chi connectivity index (χ0n) is 11.9. The lowest BCUT2D eigenvalue weighted by Crippen LogP contribution is -2.18. The van der Waals surface area contributed by atoms with Crippen LogP contribution in [-0.4, -0.2) is 23.2 Å². The maximum atomic E-state index is 13.6. The third-order valence-corrected chi connectivity index (χ3v) is 4.32. The number of nitrogens with one attached hydrogen (secondary N) is 1. The molecule has 2 aromatic carbocycles. The average Bonchev–Trinajstić information content (AvgIpc) is 2.97. The predicted molar refractivity (Wildman–Crippen MR) is 84.0 cm³/mol. The van der Waals surface area contributed by atoms with Crippen molar-refractivity contribution in [2.45, 2.75) is 5.75 Å². The molecule has 0 atom stereocenters. The Hall–Kier alpha value is -2.74. The van der Waals surface area contributed by atoms with E-state index in [-0.39, 0.29) is 11.5 Å². The quantitative estimate of drug-likeness (QED) is 0.778. The van der Waals surface area contributed by atoms with Crippen LogP contribution in [0.3, 0.4) is 0 Å². The van der Waals surface area contributed by atoms with Crippen molar-refractivity contribution in [2.24, 2.45) is 0 Å². The molecule has 0 aliphatic rings. The van der Waals surface area contributed by atoms with Gasteiger partial charge in [0.1, 0.15) is 12.1 Å². The van der Waals surface area contributed by atoms with Crippen molar-refractivity contribution in [3.8, 4) is 5.69 Å². The van der Waals surface area contributed by atoms with Crippen molar-refractivity contribution in [1.29, 1.82) is 0 Å². The van der Waals surface area contributed by atoms with Crippen molar-refractivity contribution >= 4 is 16.0 Å². The van der Waals surface area contributed by atoms with Gasteiger partial charge in [-0.15, -0.1) is 10.2 Å². The summed E-state index contributed by atoms with van der Waals surface area (Å²) in [6.07, 6.45) is 1.40. The molecule has 0 saturated heterocycles. The molecule has 0 bridgehead atoms. The molecule has 1 aromatic heterocycles. The smallest absolute Gasteiger partial charge is 0.242 e. The lowest BCUT2D eigenvalue weighted by molar-refractivity contribution is 0.590. The fraction of sp³-hybridized carbons (Fsp3) is 0.0667. The highest BCUT2D eigenvalue weighted by molar-refractivity contribution is 7.91. The molecule has 1 heterocycles. The number of para-hydroxylation sites is 1. The molecule has 23 heavy (non-hydrogen) atoms. The molecule has 3 aromatic rings. The van der Waals surface area contributed by atoms with Gasteiger partial charge in [-0.1, -0.05) is 36.4 Å². The summed E-state index contributed by atoms with van der Waals surface area (Å²) in [4.78, 5) is 0. The van der Waals surface area contributed by atoms with Crippen molar-refractivity contribution in [2.75, 3.05) is 4.72 Å². The number of nitrogens with zero attached hydrogens (tertiary/aromatic N) is 3. The van der Waals surface area contributed by atoms with Crippen LogP contribution in [0.2, 0.25) is 0 Å². The Morgan fingerprint density at radius 3 is 2.48 bits per heavy atom. The van der Waals surface area contributed by atoms with E-state index in [2.05, 4.69) is 14.9 Å². The van der Waals surface area contributed by atoms with E-state index in [9.17, 15) is 12.8 Å². The highest BCUT2D eigenvalue weighted by Gasteiger charge is 2.18. The van der Waals surface area contributed by atoms with Crippen molar-refractivity contribution in [3.05, 3.63) is 72.3 Å². The number of hydrogen-bond acceptors (Lipinski definition) is 4. The second kappa shape index (κ2) is 6.17. The SMILES string of the molecule is O=S(=O)(Cc1ccccc1F)Nc1nncn1-c1ccccc1. The van der Waals surface area contributed by atoms with E-state index in [4.69, 9.17) is 0 Å². The number of benzene rings is 2. The second-order valence-electron chi connectivity index (χ2n) is 4.81. The third kappa shape index (κ3) is 3.54.